The fraction of sp³-hybridized carbons (Fsp3) is 0.222. The van der Waals surface area contributed by atoms with Crippen molar-refractivity contribution in [2.45, 2.75) is 25.2 Å². The predicted octanol–water partition coefficient (Wildman–Crippen LogP) is 2.94. The highest BCUT2D eigenvalue weighted by Crippen LogP contribution is 2.37. The van der Waals surface area contributed by atoms with Crippen molar-refractivity contribution in [3.63, 3.8) is 0 Å². The molecule has 1 aliphatic heterocycles. The molecule has 6 heteroatoms. The molecule has 0 unspecified atom stereocenters. The summed E-state index contributed by atoms with van der Waals surface area (Å²) in [5.74, 6) is -0.663. The Morgan fingerprint density at radius 2 is 1.83 bits per heavy atom. The number of amides is 1. The third kappa shape index (κ3) is 3.00. The molecule has 0 spiro atoms. The molecule has 3 rings (SSSR count). The number of hydrogen-bond acceptors (Lipinski definition) is 4. The van der Waals surface area contributed by atoms with Crippen LogP contribution in [0.2, 0.25) is 0 Å². The normalized spacial score (nSPS) is 21.5. The lowest BCUT2D eigenvalue weighted by molar-refractivity contribution is -0.167. The maximum absolute atomic E-state index is 12.7. The zero-order chi connectivity index (χ0) is 17.3. The molecule has 0 aromatic heterocycles. The number of aliphatic hydroxyl groups is 2. The number of carbonyl (C=O) groups is 1. The minimum atomic E-state index is -1.60. The van der Waals surface area contributed by atoms with E-state index in [4.69, 9.17) is 0 Å². The Bertz CT molecular complexity index is 777. The van der Waals surface area contributed by atoms with Crippen LogP contribution < -0.4 is 0 Å². The molecule has 2 aromatic carbocycles. The summed E-state index contributed by atoms with van der Waals surface area (Å²) in [6.45, 7) is 1.74. The lowest BCUT2D eigenvalue weighted by Crippen LogP contribution is -2.45. The molecule has 2 N–H and O–H groups in total. The summed E-state index contributed by atoms with van der Waals surface area (Å²) in [7, 11) is 0. The summed E-state index contributed by atoms with van der Waals surface area (Å²) in [6, 6.07) is 15.6. The van der Waals surface area contributed by atoms with Gasteiger partial charge in [0, 0.05) is 22.2 Å². The minimum absolute atomic E-state index is 0.196. The van der Waals surface area contributed by atoms with Gasteiger partial charge in [0.25, 0.3) is 5.91 Å². The number of carbonyl (C=O) groups excluding carboxylic acids is 1. The second-order valence-electron chi connectivity index (χ2n) is 5.80. The van der Waals surface area contributed by atoms with Gasteiger partial charge in [0.2, 0.25) is 0 Å². The molecule has 1 amide bonds. The van der Waals surface area contributed by atoms with Gasteiger partial charge in [-0.25, -0.2) is 0 Å². The molecule has 2 aromatic rings. The lowest BCUT2D eigenvalue weighted by atomic mass is 9.97. The quantitative estimate of drug-likeness (QED) is 0.848. The molecule has 0 fully saturated rings. The average Bonchev–Trinajstić information content (AvgIpc) is 2.90. The lowest BCUT2D eigenvalue weighted by Gasteiger charge is -2.32. The SMILES string of the molecule is CC1=NN(C(=O)[C@H](O)c2ccccc2)[C@](O)(c2ccc(Br)cc2)C1. The van der Waals surface area contributed by atoms with Crippen molar-refractivity contribution < 1.29 is 15.0 Å². The Labute approximate surface area is 148 Å². The van der Waals surface area contributed by atoms with E-state index in [-0.39, 0.29) is 6.42 Å². The van der Waals surface area contributed by atoms with E-state index < -0.39 is 17.7 Å². The third-order valence-corrected chi connectivity index (χ3v) is 4.52. The fourth-order valence-electron chi connectivity index (χ4n) is 2.79. The van der Waals surface area contributed by atoms with Gasteiger partial charge in [-0.1, -0.05) is 58.4 Å². The molecule has 124 valence electrons. The van der Waals surface area contributed by atoms with Gasteiger partial charge in [-0.2, -0.15) is 10.1 Å². The first kappa shape index (κ1) is 16.8. The monoisotopic (exact) mass is 388 g/mol. The van der Waals surface area contributed by atoms with Crippen molar-refractivity contribution >= 4 is 27.5 Å². The standard InChI is InChI=1S/C18H17BrN2O3/c1-12-11-18(24,14-7-9-15(19)10-8-14)21(20-12)17(23)16(22)13-5-3-2-4-6-13/h2-10,16,22,24H,11H2,1H3/t16-,18-/m1/s1. The van der Waals surface area contributed by atoms with Crippen LogP contribution in [-0.4, -0.2) is 26.8 Å². The number of hydrazone groups is 1. The highest BCUT2D eigenvalue weighted by Gasteiger charge is 2.46. The predicted molar refractivity (Wildman–Crippen MR) is 94.0 cm³/mol. The molecule has 0 radical (unpaired) electrons. The van der Waals surface area contributed by atoms with Crippen molar-refractivity contribution in [2.75, 3.05) is 0 Å². The van der Waals surface area contributed by atoms with E-state index in [9.17, 15) is 15.0 Å². The highest BCUT2D eigenvalue weighted by molar-refractivity contribution is 9.10. The van der Waals surface area contributed by atoms with Gasteiger partial charge < -0.3 is 10.2 Å². The van der Waals surface area contributed by atoms with Gasteiger partial charge in [-0.3, -0.25) is 4.79 Å². The van der Waals surface area contributed by atoms with Crippen LogP contribution >= 0.6 is 15.9 Å². The number of aliphatic hydroxyl groups excluding tert-OH is 1. The van der Waals surface area contributed by atoms with Crippen molar-refractivity contribution in [2.24, 2.45) is 5.10 Å². The third-order valence-electron chi connectivity index (χ3n) is 3.99. The first-order chi connectivity index (χ1) is 11.4. The summed E-state index contributed by atoms with van der Waals surface area (Å²) in [5.41, 5.74) is 0.0202. The van der Waals surface area contributed by atoms with Gasteiger partial charge in [0.15, 0.2) is 11.8 Å². The van der Waals surface area contributed by atoms with Crippen molar-refractivity contribution in [3.8, 4) is 0 Å². The Hall–Kier alpha value is -2.02. The van der Waals surface area contributed by atoms with Crippen LogP contribution in [0, 0.1) is 0 Å². The molecule has 0 bridgehead atoms. The topological polar surface area (TPSA) is 73.1 Å². The molecular weight excluding hydrogens is 372 g/mol. The van der Waals surface area contributed by atoms with Crippen molar-refractivity contribution in [1.82, 2.24) is 5.01 Å². The summed E-state index contributed by atoms with van der Waals surface area (Å²) in [4.78, 5) is 12.7. The number of rotatable bonds is 3. The number of halogens is 1. The Kier molecular flexibility index (Phi) is 4.54. The van der Waals surface area contributed by atoms with Crippen LogP contribution in [0.4, 0.5) is 0 Å². The molecule has 5 nitrogen and oxygen atoms in total. The molecule has 1 aliphatic rings. The summed E-state index contributed by atoms with van der Waals surface area (Å²) >= 11 is 3.35. The first-order valence-corrected chi connectivity index (χ1v) is 8.31. The zero-order valence-corrected chi connectivity index (χ0v) is 14.6. The smallest absolute Gasteiger partial charge is 0.279 e. The van der Waals surface area contributed by atoms with Crippen LogP contribution in [-0.2, 0) is 10.5 Å². The van der Waals surface area contributed by atoms with Gasteiger partial charge in [0.1, 0.15) is 0 Å². The number of benzene rings is 2. The van der Waals surface area contributed by atoms with Gasteiger partial charge >= 0.3 is 0 Å². The van der Waals surface area contributed by atoms with Crippen LogP contribution in [0.1, 0.15) is 30.6 Å². The Balaban J connectivity index is 1.95. The molecule has 24 heavy (non-hydrogen) atoms. The highest BCUT2D eigenvalue weighted by atomic mass is 79.9. The minimum Gasteiger partial charge on any atom is -0.378 e. The van der Waals surface area contributed by atoms with E-state index in [1.807, 2.05) is 0 Å². The molecular formula is C18H17BrN2O3. The Morgan fingerprint density at radius 1 is 1.21 bits per heavy atom. The van der Waals surface area contributed by atoms with Crippen LogP contribution in [0.15, 0.2) is 64.2 Å². The van der Waals surface area contributed by atoms with E-state index >= 15 is 0 Å². The van der Waals surface area contributed by atoms with E-state index in [2.05, 4.69) is 21.0 Å². The molecule has 0 aliphatic carbocycles. The second-order valence-corrected chi connectivity index (χ2v) is 6.71. The van der Waals surface area contributed by atoms with E-state index in [0.29, 0.717) is 16.8 Å². The average molecular weight is 389 g/mol. The first-order valence-electron chi connectivity index (χ1n) is 7.51. The van der Waals surface area contributed by atoms with Crippen LogP contribution in [0.25, 0.3) is 0 Å². The fourth-order valence-corrected chi connectivity index (χ4v) is 3.05. The summed E-state index contributed by atoms with van der Waals surface area (Å²) in [6.07, 6.45) is -1.19. The second kappa shape index (κ2) is 6.47. The summed E-state index contributed by atoms with van der Waals surface area (Å²) in [5, 5.41) is 26.6. The van der Waals surface area contributed by atoms with E-state index in [1.165, 1.54) is 0 Å². The zero-order valence-electron chi connectivity index (χ0n) is 13.1. The van der Waals surface area contributed by atoms with Gasteiger partial charge in [0.05, 0.1) is 0 Å². The molecule has 0 saturated carbocycles. The largest absolute Gasteiger partial charge is 0.378 e. The number of hydrogen-bond donors (Lipinski definition) is 2. The van der Waals surface area contributed by atoms with Crippen LogP contribution in [0.3, 0.4) is 0 Å². The van der Waals surface area contributed by atoms with Gasteiger partial charge in [-0.15, -0.1) is 0 Å². The van der Waals surface area contributed by atoms with Crippen molar-refractivity contribution in [1.29, 1.82) is 0 Å². The molecule has 0 saturated heterocycles. The van der Waals surface area contributed by atoms with Gasteiger partial charge in [-0.05, 0) is 24.6 Å². The summed E-state index contributed by atoms with van der Waals surface area (Å²) < 4.78 is 0.868. The van der Waals surface area contributed by atoms with Crippen molar-refractivity contribution in [3.05, 3.63) is 70.2 Å². The van der Waals surface area contributed by atoms with E-state index in [1.54, 1.807) is 61.5 Å². The number of nitrogens with zero attached hydrogens (tertiary/aromatic N) is 2. The van der Waals surface area contributed by atoms with Crippen LogP contribution in [0.5, 0.6) is 0 Å². The maximum atomic E-state index is 12.7. The van der Waals surface area contributed by atoms with E-state index in [0.717, 1.165) is 9.48 Å². The Morgan fingerprint density at radius 3 is 2.46 bits per heavy atom. The maximum Gasteiger partial charge on any atom is 0.279 e. The molecule has 1 heterocycles. The molecule has 2 atom stereocenters.